The van der Waals surface area contributed by atoms with E-state index in [1.165, 1.54) is 0 Å². The van der Waals surface area contributed by atoms with Crippen molar-refractivity contribution in [2.24, 2.45) is 0 Å². The average Bonchev–Trinajstić information content (AvgIpc) is 2.99. The fourth-order valence-electron chi connectivity index (χ4n) is 2.95. The van der Waals surface area contributed by atoms with E-state index < -0.39 is 0 Å². The number of hydrogen-bond donors (Lipinski definition) is 2. The quantitative estimate of drug-likeness (QED) is 0.479. The van der Waals surface area contributed by atoms with Gasteiger partial charge in [-0.3, -0.25) is 4.79 Å². The van der Waals surface area contributed by atoms with Crippen molar-refractivity contribution in [2.75, 3.05) is 19.0 Å². The normalized spacial score (nSPS) is 27.3. The highest BCUT2D eigenvalue weighted by atomic mass is 32.2. The number of amides is 2. The summed E-state index contributed by atoms with van der Waals surface area (Å²) in [5.41, 5.74) is 0. The van der Waals surface area contributed by atoms with Crippen molar-refractivity contribution < 1.29 is 14.3 Å². The molecule has 0 radical (unpaired) electrons. The maximum atomic E-state index is 11.7. The number of ether oxygens (including phenoxy) is 1. The van der Waals surface area contributed by atoms with E-state index in [1.54, 1.807) is 0 Å². The molecule has 120 valence electrons. The second kappa shape index (κ2) is 8.63. The van der Waals surface area contributed by atoms with Gasteiger partial charge in [-0.2, -0.15) is 11.8 Å². The second-order valence-corrected chi connectivity index (χ2v) is 6.98. The molecule has 0 unspecified atom stereocenters. The maximum Gasteiger partial charge on any atom is 0.315 e. The number of fused-ring (bicyclic) bond motifs is 1. The van der Waals surface area contributed by atoms with Crippen molar-refractivity contribution >= 4 is 23.6 Å². The van der Waals surface area contributed by atoms with E-state index in [9.17, 15) is 9.59 Å². The monoisotopic (exact) mass is 314 g/mol. The molecule has 0 aromatic rings. The molecule has 2 aliphatic heterocycles. The number of carbonyl (C=O) groups is 2. The molecule has 0 saturated carbocycles. The summed E-state index contributed by atoms with van der Waals surface area (Å²) in [5, 5.41) is 6.46. The Morgan fingerprint density at radius 1 is 1.29 bits per heavy atom. The second-order valence-electron chi connectivity index (χ2n) is 5.71. The lowest BCUT2D eigenvalue weighted by Gasteiger charge is -2.16. The van der Waals surface area contributed by atoms with Crippen LogP contribution in [-0.4, -0.2) is 48.1 Å². The molecule has 0 aliphatic carbocycles. The third kappa shape index (κ3) is 5.18. The first-order valence-electron chi connectivity index (χ1n) is 7.98. The van der Waals surface area contributed by atoms with Crippen LogP contribution < -0.4 is 10.6 Å². The summed E-state index contributed by atoms with van der Waals surface area (Å²) >= 11 is 1.94. The molecule has 21 heavy (non-hydrogen) atoms. The van der Waals surface area contributed by atoms with Gasteiger partial charge in [0, 0.05) is 37.1 Å². The molecule has 0 aromatic heterocycles. The average molecular weight is 314 g/mol. The first-order chi connectivity index (χ1) is 10.2. The molecule has 2 rings (SSSR count). The van der Waals surface area contributed by atoms with Gasteiger partial charge in [-0.25, -0.2) is 4.79 Å². The van der Waals surface area contributed by atoms with Crippen molar-refractivity contribution in [1.82, 2.24) is 10.6 Å². The number of thioether (sulfide) groups is 1. The summed E-state index contributed by atoms with van der Waals surface area (Å²) < 4.78 is 5.23. The van der Waals surface area contributed by atoms with Gasteiger partial charge in [0.15, 0.2) is 0 Å². The largest absolute Gasteiger partial charge is 0.382 e. The number of carbonyl (C=O) groups excluding carboxylic acids is 2. The van der Waals surface area contributed by atoms with Gasteiger partial charge in [0.2, 0.25) is 0 Å². The van der Waals surface area contributed by atoms with E-state index >= 15 is 0 Å². The topological polar surface area (TPSA) is 67.4 Å². The summed E-state index contributed by atoms with van der Waals surface area (Å²) in [7, 11) is 0. The molecule has 0 spiro atoms. The fraction of sp³-hybridized carbons (Fsp3) is 0.867. The van der Waals surface area contributed by atoms with Gasteiger partial charge in [-0.1, -0.05) is 6.42 Å². The smallest absolute Gasteiger partial charge is 0.315 e. The molecule has 2 fully saturated rings. The molecular weight excluding hydrogens is 288 g/mol. The zero-order valence-electron chi connectivity index (χ0n) is 12.7. The Labute approximate surface area is 130 Å². The Bertz CT molecular complexity index is 365. The number of hydrogen-bond acceptors (Lipinski definition) is 4. The summed E-state index contributed by atoms with van der Waals surface area (Å²) in [6.07, 6.45) is 5.27. The first kappa shape index (κ1) is 16.6. The number of nitrogens with one attached hydrogen (secondary N) is 2. The summed E-state index contributed by atoms with van der Waals surface area (Å²) in [6, 6.07) is 0.553. The van der Waals surface area contributed by atoms with E-state index in [4.69, 9.17) is 4.74 Å². The molecule has 2 N–H and O–H groups in total. The zero-order chi connectivity index (χ0) is 15.1. The van der Waals surface area contributed by atoms with Gasteiger partial charge in [0.1, 0.15) is 5.78 Å². The van der Waals surface area contributed by atoms with Crippen LogP contribution in [0.5, 0.6) is 0 Å². The standard InChI is InChI=1S/C15H26N2O3S/c1-2-20-9-5-7-11(18)6-3-4-8-13-14-12(10-21-13)16-15(19)17-14/h12-14H,2-10H2,1H3,(H2,16,17,19)/t12-,13-,14-/m0/s1. The van der Waals surface area contributed by atoms with Crippen LogP contribution in [0.15, 0.2) is 0 Å². The van der Waals surface area contributed by atoms with Crippen molar-refractivity contribution in [3.05, 3.63) is 0 Å². The van der Waals surface area contributed by atoms with Gasteiger partial charge >= 0.3 is 6.03 Å². The Kier molecular flexibility index (Phi) is 6.83. The minimum absolute atomic E-state index is 0.0280. The summed E-state index contributed by atoms with van der Waals surface area (Å²) in [5.74, 6) is 1.35. The molecule has 5 nitrogen and oxygen atoms in total. The highest BCUT2D eigenvalue weighted by Crippen LogP contribution is 2.33. The van der Waals surface area contributed by atoms with Gasteiger partial charge in [-0.15, -0.1) is 0 Å². The number of Topliss-reactive ketones (excluding diaryl/α,β-unsaturated/α-hetero) is 1. The van der Waals surface area contributed by atoms with Crippen molar-refractivity contribution in [2.45, 2.75) is 62.8 Å². The highest BCUT2D eigenvalue weighted by molar-refractivity contribution is 8.00. The minimum Gasteiger partial charge on any atom is -0.382 e. The Morgan fingerprint density at radius 3 is 2.90 bits per heavy atom. The third-order valence-corrected chi connectivity index (χ3v) is 5.59. The van der Waals surface area contributed by atoms with Crippen LogP contribution in [0, 0.1) is 0 Å². The van der Waals surface area contributed by atoms with E-state index in [2.05, 4.69) is 10.6 Å². The predicted octanol–water partition coefficient (Wildman–Crippen LogP) is 2.10. The van der Waals surface area contributed by atoms with Gasteiger partial charge in [0.25, 0.3) is 0 Å². The van der Waals surface area contributed by atoms with Crippen LogP contribution in [0.4, 0.5) is 4.79 Å². The molecule has 0 aromatic carbocycles. The number of ketones is 1. The molecular formula is C15H26N2O3S. The van der Waals surface area contributed by atoms with Crippen molar-refractivity contribution in [3.8, 4) is 0 Å². The van der Waals surface area contributed by atoms with Crippen LogP contribution in [-0.2, 0) is 9.53 Å². The van der Waals surface area contributed by atoms with Gasteiger partial charge < -0.3 is 15.4 Å². The molecule has 2 amide bonds. The van der Waals surface area contributed by atoms with Crippen LogP contribution >= 0.6 is 11.8 Å². The lowest BCUT2D eigenvalue weighted by molar-refractivity contribution is -0.119. The third-order valence-electron chi connectivity index (χ3n) is 4.08. The molecule has 3 atom stereocenters. The summed E-state index contributed by atoms with van der Waals surface area (Å²) in [6.45, 7) is 3.38. The Morgan fingerprint density at radius 2 is 2.10 bits per heavy atom. The van der Waals surface area contributed by atoms with Crippen molar-refractivity contribution in [3.63, 3.8) is 0 Å². The molecule has 6 heteroatoms. The lowest BCUT2D eigenvalue weighted by Crippen LogP contribution is -2.36. The highest BCUT2D eigenvalue weighted by Gasteiger charge is 2.42. The molecule has 0 bridgehead atoms. The lowest BCUT2D eigenvalue weighted by atomic mass is 10.0. The zero-order valence-corrected chi connectivity index (χ0v) is 13.5. The van der Waals surface area contributed by atoms with E-state index in [-0.39, 0.29) is 12.1 Å². The predicted molar refractivity (Wildman–Crippen MR) is 84.7 cm³/mol. The Hall–Kier alpha value is -0.750. The van der Waals surface area contributed by atoms with Crippen LogP contribution in [0.25, 0.3) is 0 Å². The van der Waals surface area contributed by atoms with E-state index in [1.807, 2.05) is 18.7 Å². The first-order valence-corrected chi connectivity index (χ1v) is 9.03. The molecule has 2 aliphatic rings. The number of unbranched alkanes of at least 4 members (excludes halogenated alkanes) is 1. The summed E-state index contributed by atoms with van der Waals surface area (Å²) in [4.78, 5) is 23.0. The number of rotatable bonds is 10. The van der Waals surface area contributed by atoms with Crippen LogP contribution in [0.2, 0.25) is 0 Å². The van der Waals surface area contributed by atoms with E-state index in [0.29, 0.717) is 36.5 Å². The SMILES string of the molecule is CCOCCCC(=O)CCCC[C@@H]1SC[C@@H]2NC(=O)N[C@@H]21. The minimum atomic E-state index is -0.0280. The fourth-order valence-corrected chi connectivity index (χ4v) is 4.50. The van der Waals surface area contributed by atoms with Crippen LogP contribution in [0.3, 0.4) is 0 Å². The van der Waals surface area contributed by atoms with Gasteiger partial charge in [-0.05, 0) is 26.2 Å². The van der Waals surface area contributed by atoms with E-state index in [0.717, 1.165) is 38.0 Å². The molecule has 2 saturated heterocycles. The molecule has 2 heterocycles. The van der Waals surface area contributed by atoms with Gasteiger partial charge in [0.05, 0.1) is 12.1 Å². The number of urea groups is 1. The van der Waals surface area contributed by atoms with Crippen molar-refractivity contribution in [1.29, 1.82) is 0 Å². The Balaban J connectivity index is 1.52. The van der Waals surface area contributed by atoms with Crippen LogP contribution in [0.1, 0.15) is 45.4 Å². The maximum absolute atomic E-state index is 11.7.